The summed E-state index contributed by atoms with van der Waals surface area (Å²) in [5.74, 6) is 4.78. The zero-order chi connectivity index (χ0) is 44.1. The maximum absolute atomic E-state index is 9.50. The van der Waals surface area contributed by atoms with Crippen molar-refractivity contribution >= 4 is 72.5 Å². The fraction of sp³-hybridized carbons (Fsp3) is 0.244. The van der Waals surface area contributed by atoms with Crippen LogP contribution in [0.25, 0.3) is 33.1 Å². The largest absolute Gasteiger partial charge is 0.497 e. The van der Waals surface area contributed by atoms with Gasteiger partial charge in [0, 0.05) is 53.0 Å². The smallest absolute Gasteiger partial charge is 0.226 e. The fourth-order valence-electron chi connectivity index (χ4n) is 6.10. The van der Waals surface area contributed by atoms with Gasteiger partial charge in [0.05, 0.1) is 58.1 Å². The molecule has 0 fully saturated rings. The first-order chi connectivity index (χ1) is 29.8. The lowest BCUT2D eigenvalue weighted by molar-refractivity contribution is 0.271. The van der Waals surface area contributed by atoms with Crippen molar-refractivity contribution in [2.75, 3.05) is 46.3 Å². The van der Waals surface area contributed by atoms with Crippen LogP contribution >= 0.6 is 27.5 Å². The number of methoxy groups -OCH3 is 4. The Morgan fingerprint density at radius 1 is 0.750 bits per heavy atom. The Labute approximate surface area is 359 Å². The highest BCUT2D eigenvalue weighted by atomic mass is 79.9. The molecule has 0 atom stereocenters. The van der Waals surface area contributed by atoms with Crippen molar-refractivity contribution in [2.24, 2.45) is 0 Å². The quantitative estimate of drug-likeness (QED) is 0.100. The van der Waals surface area contributed by atoms with Gasteiger partial charge in [0.25, 0.3) is 0 Å². The Bertz CT molecular complexity index is 2810. The van der Waals surface area contributed by atoms with Crippen LogP contribution in [0.3, 0.4) is 0 Å². The van der Waals surface area contributed by atoms with Crippen LogP contribution < -0.4 is 29.6 Å². The molecule has 0 unspecified atom stereocenters. The first-order valence-corrected chi connectivity index (χ1v) is 19.0. The molecule has 0 aliphatic rings. The number of aromatic nitrogens is 8. The second kappa shape index (κ2) is 20.4. The van der Waals surface area contributed by atoms with Gasteiger partial charge in [0.2, 0.25) is 11.9 Å². The molecule has 60 heavy (non-hydrogen) atoms. The summed E-state index contributed by atoms with van der Waals surface area (Å²) in [6.45, 7) is 0.633. The molecular weight excluding hydrogens is 861 g/mol. The standard InChI is InChI=1S/C20H17ClN6O2.C19H18BrN5O3.CH3F.CH4/c1-28-14-7-6-13(16(8-14)29-2)11-23-20-25-18-12(10-22)4-3-5-15(18)19-24-17(9-21)26-27(19)20;1-27-12-7-6-11(15(8-12)28-2)9-21-19-23-17-13(4-3-5-14(17)20)18-22-16(10-26)24-25(18)19;1-2;/h3-8H,9,11H2,1-2H3,(H,23,25);3-8,26H,9-10H2,1-2H3,(H,21,23);1H3;1H4/i;;;1D. The molecule has 0 aliphatic carbocycles. The fourth-order valence-corrected chi connectivity index (χ4v) is 6.67. The lowest BCUT2D eigenvalue weighted by Crippen LogP contribution is -2.09. The third-order valence-corrected chi connectivity index (χ3v) is 9.77. The number of fused-ring (bicyclic) bond motifs is 6. The maximum Gasteiger partial charge on any atom is 0.226 e. The molecule has 0 bridgehead atoms. The molecule has 19 heteroatoms. The van der Waals surface area contributed by atoms with Gasteiger partial charge < -0.3 is 34.7 Å². The van der Waals surface area contributed by atoms with E-state index in [2.05, 4.69) is 57.8 Å². The SMILES string of the molecule is CF.COc1ccc(CNc2nc3c(Br)cccc3c3nc(CO)nn23)c(OC)c1.COc1ccc(CNc2nc3c(C#N)cccc3c3nc(CCl)nn23)c(OC)c1.[2H]C. The van der Waals surface area contributed by atoms with E-state index in [4.69, 9.17) is 36.9 Å². The number of hydrogen-bond donors (Lipinski definition) is 3. The second-order valence-electron chi connectivity index (χ2n) is 12.2. The molecule has 0 spiro atoms. The Morgan fingerprint density at radius 2 is 1.25 bits per heavy atom. The Morgan fingerprint density at radius 3 is 1.75 bits per heavy atom. The molecule has 0 amide bonds. The van der Waals surface area contributed by atoms with E-state index in [1.807, 2.05) is 60.7 Å². The number of nitrogens with zero attached hydrogens (tertiary/aromatic N) is 9. The van der Waals surface area contributed by atoms with Crippen LogP contribution in [0.4, 0.5) is 16.3 Å². The van der Waals surface area contributed by atoms with Crippen molar-refractivity contribution in [1.29, 1.82) is 5.26 Å². The Hall–Kier alpha value is -6.55. The van der Waals surface area contributed by atoms with Gasteiger partial charge in [0.1, 0.15) is 35.7 Å². The second-order valence-corrected chi connectivity index (χ2v) is 13.3. The number of ether oxygens (including phenoxy) is 4. The van der Waals surface area contributed by atoms with Crippen LogP contribution in [0.1, 0.15) is 37.1 Å². The van der Waals surface area contributed by atoms with Gasteiger partial charge in [-0.15, -0.1) is 21.8 Å². The summed E-state index contributed by atoms with van der Waals surface area (Å²) >= 11 is 9.49. The predicted molar refractivity (Wildman–Crippen MR) is 232 cm³/mol. The lowest BCUT2D eigenvalue weighted by atomic mass is 10.1. The molecule has 4 aromatic heterocycles. The molecule has 8 aromatic rings. The van der Waals surface area contributed by atoms with E-state index in [0.29, 0.717) is 83.4 Å². The minimum absolute atomic E-state index is 0.173. The summed E-state index contributed by atoms with van der Waals surface area (Å²) in [7, 11) is 8.19. The third kappa shape index (κ3) is 9.18. The highest BCUT2D eigenvalue weighted by molar-refractivity contribution is 9.10. The van der Waals surface area contributed by atoms with Gasteiger partial charge in [-0.25, -0.2) is 19.9 Å². The van der Waals surface area contributed by atoms with Crippen LogP contribution in [-0.4, -0.2) is 79.9 Å². The monoisotopic (exact) mass is 902 g/mol. The highest BCUT2D eigenvalue weighted by Crippen LogP contribution is 2.30. The highest BCUT2D eigenvalue weighted by Gasteiger charge is 2.17. The van der Waals surface area contributed by atoms with E-state index in [0.717, 1.165) is 37.6 Å². The number of nitriles is 1. The van der Waals surface area contributed by atoms with Crippen LogP contribution in [0.2, 0.25) is 0 Å². The molecule has 312 valence electrons. The summed E-state index contributed by atoms with van der Waals surface area (Å²) in [6.07, 6.45) is 0. The molecule has 0 aliphatic heterocycles. The number of rotatable bonds is 12. The van der Waals surface area contributed by atoms with Gasteiger partial charge in [-0.05, 0) is 64.5 Å². The van der Waals surface area contributed by atoms with Gasteiger partial charge >= 0.3 is 0 Å². The molecule has 0 radical (unpaired) electrons. The molecule has 16 nitrogen and oxygen atoms in total. The number of nitrogens with one attached hydrogen (secondary N) is 2. The molecule has 3 N–H and O–H groups in total. The summed E-state index contributed by atoms with van der Waals surface area (Å²) in [5, 5.41) is 35.9. The predicted octanol–water partition coefficient (Wildman–Crippen LogP) is 7.90. The number of halogens is 3. The average molecular weight is 904 g/mol. The topological polar surface area (TPSA) is 191 Å². The summed E-state index contributed by atoms with van der Waals surface area (Å²) in [5.41, 5.74) is 4.84. The first kappa shape index (κ1) is 43.0. The van der Waals surface area contributed by atoms with Crippen molar-refractivity contribution in [3.8, 4) is 29.1 Å². The van der Waals surface area contributed by atoms with E-state index in [1.54, 1.807) is 49.6 Å². The minimum Gasteiger partial charge on any atom is -0.497 e. The summed E-state index contributed by atoms with van der Waals surface area (Å²) in [4.78, 5) is 18.3. The molecule has 4 aromatic carbocycles. The number of benzene rings is 4. The van der Waals surface area contributed by atoms with E-state index in [1.165, 1.54) is 7.40 Å². The number of aliphatic hydroxyl groups is 1. The van der Waals surface area contributed by atoms with Crippen LogP contribution in [0.5, 0.6) is 23.0 Å². The number of anilines is 2. The van der Waals surface area contributed by atoms with E-state index in [-0.39, 0.29) is 12.5 Å². The molecule has 8 rings (SSSR count). The van der Waals surface area contributed by atoms with E-state index >= 15 is 0 Å². The van der Waals surface area contributed by atoms with Crippen LogP contribution in [-0.2, 0) is 25.6 Å². The van der Waals surface area contributed by atoms with Gasteiger partial charge in [-0.3, -0.25) is 4.39 Å². The summed E-state index contributed by atoms with van der Waals surface area (Å²) < 4.78 is 40.7. The first-order valence-electron chi connectivity index (χ1n) is 18.7. The normalized spacial score (nSPS) is 10.7. The maximum atomic E-state index is 9.50. The average Bonchev–Trinajstić information content (AvgIpc) is 3.98. The third-order valence-electron chi connectivity index (χ3n) is 8.89. The van der Waals surface area contributed by atoms with Crippen molar-refractivity contribution < 1.29 is 29.8 Å². The molecule has 0 saturated carbocycles. The number of hydrogen-bond acceptors (Lipinski definition) is 14. The molecule has 4 heterocycles. The van der Waals surface area contributed by atoms with Crippen LogP contribution in [0, 0.1) is 11.3 Å². The van der Waals surface area contributed by atoms with E-state index in [9.17, 15) is 14.8 Å². The van der Waals surface area contributed by atoms with Gasteiger partial charge in [-0.2, -0.15) is 14.3 Å². The minimum atomic E-state index is -0.247. The van der Waals surface area contributed by atoms with Gasteiger partial charge in [0.15, 0.2) is 22.9 Å². The summed E-state index contributed by atoms with van der Waals surface area (Å²) in [6, 6.07) is 24.5. The zero-order valence-corrected chi connectivity index (χ0v) is 35.8. The Kier molecular flexibility index (Phi) is 14.7. The van der Waals surface area contributed by atoms with Gasteiger partial charge in [-0.1, -0.05) is 19.5 Å². The molecular formula is C41H42BrClFN11O5. The molecule has 0 saturated heterocycles. The van der Waals surface area contributed by atoms with E-state index < -0.39 is 0 Å². The number of aliphatic hydroxyl groups excluding tert-OH is 1. The van der Waals surface area contributed by atoms with Crippen molar-refractivity contribution in [3.63, 3.8) is 0 Å². The van der Waals surface area contributed by atoms with Crippen molar-refractivity contribution in [1.82, 2.24) is 39.2 Å². The zero-order valence-electron chi connectivity index (χ0n) is 34.5. The van der Waals surface area contributed by atoms with Crippen LogP contribution in [0.15, 0.2) is 77.3 Å². The lowest BCUT2D eigenvalue weighted by Gasteiger charge is -2.13. The Balaban J connectivity index is 0.000000214. The van der Waals surface area contributed by atoms with Crippen molar-refractivity contribution in [3.05, 3.63) is 106 Å². The number of alkyl halides is 2. The number of para-hydroxylation sites is 2. The van der Waals surface area contributed by atoms with Crippen molar-refractivity contribution in [2.45, 2.75) is 33.0 Å².